The summed E-state index contributed by atoms with van der Waals surface area (Å²) in [6.07, 6.45) is 3.61. The van der Waals surface area contributed by atoms with E-state index < -0.39 is 18.1 Å². The number of amides is 1. The third-order valence-corrected chi connectivity index (χ3v) is 6.91. The first-order valence-corrected chi connectivity index (χ1v) is 13.2. The van der Waals surface area contributed by atoms with E-state index >= 15 is 0 Å². The molecule has 3 aromatic rings. The highest BCUT2D eigenvalue weighted by molar-refractivity contribution is 5.87. The van der Waals surface area contributed by atoms with Crippen LogP contribution in [0.25, 0.3) is 11.1 Å². The summed E-state index contributed by atoms with van der Waals surface area (Å²) in [6.45, 7) is 6.20. The molecule has 204 valence electrons. The number of nitrogens with zero attached hydrogens (tertiary/aromatic N) is 2. The standard InChI is InChI=1S/C32H37N3O4/c1-32(2,3)29(21-36)33-31(38)28(20-30(37)39-22-24-10-6-4-7-11-24)35-19-18-34(23-35)27-16-14-26(15-17-27)25-12-8-5-9-13-25/h4-19,28-29,36H,20-23H2,1-3H3,(H,33,38). The number of hydrogen-bond acceptors (Lipinski definition) is 6. The van der Waals surface area contributed by atoms with Crippen molar-refractivity contribution in [3.05, 3.63) is 103 Å². The van der Waals surface area contributed by atoms with Crippen molar-refractivity contribution < 1.29 is 19.4 Å². The summed E-state index contributed by atoms with van der Waals surface area (Å²) < 4.78 is 5.50. The molecule has 4 rings (SSSR count). The Bertz CT molecular complexity index is 1250. The molecule has 3 aromatic carbocycles. The lowest BCUT2D eigenvalue weighted by molar-refractivity contribution is -0.148. The molecule has 7 nitrogen and oxygen atoms in total. The highest BCUT2D eigenvalue weighted by Gasteiger charge is 2.34. The van der Waals surface area contributed by atoms with E-state index in [-0.39, 0.29) is 31.0 Å². The van der Waals surface area contributed by atoms with Gasteiger partial charge in [-0.3, -0.25) is 9.59 Å². The molecule has 0 fully saturated rings. The van der Waals surface area contributed by atoms with Crippen molar-refractivity contribution in [2.45, 2.75) is 45.9 Å². The highest BCUT2D eigenvalue weighted by atomic mass is 16.5. The molecule has 0 radical (unpaired) electrons. The SMILES string of the molecule is CC(C)(C)C(CO)NC(=O)C(CC(=O)OCc1ccccc1)N1C=CN(c2ccc(-c3ccccc3)cc2)C1. The minimum absolute atomic E-state index is 0.119. The van der Waals surface area contributed by atoms with Crippen molar-refractivity contribution in [1.82, 2.24) is 10.2 Å². The summed E-state index contributed by atoms with van der Waals surface area (Å²) in [7, 11) is 0. The quantitative estimate of drug-likeness (QED) is 0.364. The Labute approximate surface area is 230 Å². The maximum absolute atomic E-state index is 13.5. The number of carbonyl (C=O) groups excluding carboxylic acids is 2. The second-order valence-corrected chi connectivity index (χ2v) is 10.8. The number of rotatable bonds is 10. The summed E-state index contributed by atoms with van der Waals surface area (Å²) >= 11 is 0. The van der Waals surface area contributed by atoms with E-state index in [0.29, 0.717) is 6.67 Å². The molecule has 2 unspecified atom stereocenters. The van der Waals surface area contributed by atoms with Crippen molar-refractivity contribution in [3.8, 4) is 11.1 Å². The van der Waals surface area contributed by atoms with E-state index in [1.807, 2.05) is 104 Å². The Morgan fingerprint density at radius 1 is 0.897 bits per heavy atom. The lowest BCUT2D eigenvalue weighted by atomic mass is 9.87. The fourth-order valence-corrected chi connectivity index (χ4v) is 4.40. The Balaban J connectivity index is 1.46. The van der Waals surface area contributed by atoms with Gasteiger partial charge in [0.05, 0.1) is 25.7 Å². The van der Waals surface area contributed by atoms with Crippen LogP contribution in [0.5, 0.6) is 0 Å². The van der Waals surface area contributed by atoms with Crippen LogP contribution in [0.3, 0.4) is 0 Å². The van der Waals surface area contributed by atoms with Crippen LogP contribution in [-0.4, -0.2) is 47.2 Å². The Morgan fingerprint density at radius 2 is 1.51 bits per heavy atom. The lowest BCUT2D eigenvalue weighted by Crippen LogP contribution is -2.53. The van der Waals surface area contributed by atoms with Crippen LogP contribution in [0, 0.1) is 5.41 Å². The second-order valence-electron chi connectivity index (χ2n) is 10.8. The molecule has 1 heterocycles. The van der Waals surface area contributed by atoms with Gasteiger partial charge in [-0.15, -0.1) is 0 Å². The number of anilines is 1. The van der Waals surface area contributed by atoms with E-state index in [0.717, 1.165) is 22.4 Å². The van der Waals surface area contributed by atoms with E-state index in [2.05, 4.69) is 29.6 Å². The first kappa shape index (κ1) is 27.9. The zero-order valence-electron chi connectivity index (χ0n) is 22.8. The van der Waals surface area contributed by atoms with Gasteiger partial charge in [-0.25, -0.2) is 0 Å². The largest absolute Gasteiger partial charge is 0.461 e. The number of hydrogen-bond donors (Lipinski definition) is 2. The van der Waals surface area contributed by atoms with Gasteiger partial charge < -0.3 is 25.0 Å². The van der Waals surface area contributed by atoms with Crippen molar-refractivity contribution >= 4 is 17.6 Å². The predicted octanol–water partition coefficient (Wildman–Crippen LogP) is 4.93. The molecule has 7 heteroatoms. The van der Waals surface area contributed by atoms with Crippen molar-refractivity contribution in [2.75, 3.05) is 18.2 Å². The number of aliphatic hydroxyl groups excluding tert-OH is 1. The van der Waals surface area contributed by atoms with E-state index in [1.54, 1.807) is 0 Å². The zero-order chi connectivity index (χ0) is 27.8. The first-order valence-electron chi connectivity index (χ1n) is 13.2. The maximum Gasteiger partial charge on any atom is 0.308 e. The normalized spacial score (nSPS) is 14.7. The number of ether oxygens (including phenoxy) is 1. The third kappa shape index (κ3) is 7.48. The molecule has 1 aliphatic rings. The number of esters is 1. The molecule has 39 heavy (non-hydrogen) atoms. The predicted molar refractivity (Wildman–Crippen MR) is 153 cm³/mol. The zero-order valence-corrected chi connectivity index (χ0v) is 22.8. The van der Waals surface area contributed by atoms with Gasteiger partial charge in [-0.05, 0) is 34.2 Å². The topological polar surface area (TPSA) is 82.1 Å². The molecule has 0 saturated carbocycles. The van der Waals surface area contributed by atoms with Crippen molar-refractivity contribution in [3.63, 3.8) is 0 Å². The second kappa shape index (κ2) is 12.6. The monoisotopic (exact) mass is 527 g/mol. The Morgan fingerprint density at radius 3 is 2.13 bits per heavy atom. The number of aliphatic hydroxyl groups is 1. The van der Waals surface area contributed by atoms with Gasteiger partial charge in [0.1, 0.15) is 12.6 Å². The van der Waals surface area contributed by atoms with Gasteiger partial charge in [0, 0.05) is 18.1 Å². The van der Waals surface area contributed by atoms with Crippen LogP contribution >= 0.6 is 0 Å². The molecule has 0 bridgehead atoms. The molecular formula is C32H37N3O4. The number of nitrogens with one attached hydrogen (secondary N) is 1. The fraction of sp³-hybridized carbons (Fsp3) is 0.312. The Hall–Kier alpha value is -4.10. The molecular weight excluding hydrogens is 490 g/mol. The van der Waals surface area contributed by atoms with Crippen molar-refractivity contribution in [1.29, 1.82) is 0 Å². The van der Waals surface area contributed by atoms with Gasteiger partial charge >= 0.3 is 5.97 Å². The van der Waals surface area contributed by atoms with Crippen LogP contribution in [0.2, 0.25) is 0 Å². The minimum Gasteiger partial charge on any atom is -0.461 e. The average molecular weight is 528 g/mol. The third-order valence-electron chi connectivity index (χ3n) is 6.91. The summed E-state index contributed by atoms with van der Waals surface area (Å²) in [5.74, 6) is -0.791. The average Bonchev–Trinajstić information content (AvgIpc) is 3.44. The lowest BCUT2D eigenvalue weighted by Gasteiger charge is -2.34. The highest BCUT2D eigenvalue weighted by Crippen LogP contribution is 2.27. The van der Waals surface area contributed by atoms with Gasteiger partial charge in [0.25, 0.3) is 0 Å². The van der Waals surface area contributed by atoms with Crippen LogP contribution < -0.4 is 10.2 Å². The summed E-state index contributed by atoms with van der Waals surface area (Å²) in [6, 6.07) is 26.6. The molecule has 0 spiro atoms. The molecule has 1 aliphatic heterocycles. The molecule has 1 amide bonds. The molecule has 0 aromatic heterocycles. The van der Waals surface area contributed by atoms with Gasteiger partial charge in [-0.1, -0.05) is 93.6 Å². The number of carbonyl (C=O) groups is 2. The summed E-state index contributed by atoms with van der Waals surface area (Å²) in [4.78, 5) is 30.2. The Kier molecular flexibility index (Phi) is 9.04. The summed E-state index contributed by atoms with van der Waals surface area (Å²) in [5, 5.41) is 12.9. The maximum atomic E-state index is 13.5. The van der Waals surface area contributed by atoms with Crippen molar-refractivity contribution in [2.24, 2.45) is 5.41 Å². The molecule has 0 saturated heterocycles. The van der Waals surface area contributed by atoms with Crippen LogP contribution in [-0.2, 0) is 20.9 Å². The fourth-order valence-electron chi connectivity index (χ4n) is 4.40. The number of benzene rings is 3. The summed E-state index contributed by atoms with van der Waals surface area (Å²) in [5.41, 5.74) is 3.77. The molecule has 2 atom stereocenters. The van der Waals surface area contributed by atoms with Gasteiger partial charge in [0.15, 0.2) is 0 Å². The molecule has 2 N–H and O–H groups in total. The van der Waals surface area contributed by atoms with E-state index in [1.165, 1.54) is 0 Å². The van der Waals surface area contributed by atoms with E-state index in [4.69, 9.17) is 4.74 Å². The first-order chi connectivity index (χ1) is 18.7. The molecule has 0 aliphatic carbocycles. The van der Waals surface area contributed by atoms with Crippen LogP contribution in [0.15, 0.2) is 97.3 Å². The smallest absolute Gasteiger partial charge is 0.308 e. The van der Waals surface area contributed by atoms with Crippen LogP contribution in [0.4, 0.5) is 5.69 Å². The van der Waals surface area contributed by atoms with Gasteiger partial charge in [0.2, 0.25) is 5.91 Å². The van der Waals surface area contributed by atoms with Gasteiger partial charge in [-0.2, -0.15) is 0 Å². The van der Waals surface area contributed by atoms with E-state index in [9.17, 15) is 14.7 Å². The minimum atomic E-state index is -0.797. The van der Waals surface area contributed by atoms with Crippen LogP contribution in [0.1, 0.15) is 32.8 Å².